The van der Waals surface area contributed by atoms with E-state index in [0.29, 0.717) is 17.1 Å². The van der Waals surface area contributed by atoms with Crippen molar-refractivity contribution in [2.45, 2.75) is 0 Å². The van der Waals surface area contributed by atoms with Crippen LogP contribution in [0.4, 0.5) is 0 Å². The van der Waals surface area contributed by atoms with E-state index in [0.717, 1.165) is 5.39 Å². The summed E-state index contributed by atoms with van der Waals surface area (Å²) in [5.41, 5.74) is 0.626. The molecule has 0 atom stereocenters. The normalized spacial score (nSPS) is 10.5. The van der Waals surface area contributed by atoms with Crippen LogP contribution in [0.2, 0.25) is 0 Å². The molecule has 0 spiro atoms. The third-order valence-corrected chi connectivity index (χ3v) is 3.20. The highest BCUT2D eigenvalue weighted by molar-refractivity contribution is 5.94. The summed E-state index contributed by atoms with van der Waals surface area (Å²) in [6, 6.07) is 14.1. The molecule has 0 aliphatic heterocycles. The number of esters is 1. The van der Waals surface area contributed by atoms with Gasteiger partial charge < -0.3 is 18.6 Å². The van der Waals surface area contributed by atoms with E-state index in [-0.39, 0.29) is 11.5 Å². The van der Waals surface area contributed by atoms with Crippen LogP contribution < -0.4 is 14.2 Å². The van der Waals surface area contributed by atoms with Crippen molar-refractivity contribution in [2.75, 3.05) is 14.2 Å². The lowest BCUT2D eigenvalue weighted by atomic mass is 10.2. The standard InChI is InChI=1S/C17H14O5/c1-19-13-8-5-9-14(20-2)16(13)22-17(18)15-10-11-6-3-4-7-12(11)21-15/h3-10H,1-2H3. The van der Waals surface area contributed by atoms with Crippen LogP contribution >= 0.6 is 0 Å². The van der Waals surface area contributed by atoms with E-state index in [1.807, 2.05) is 18.2 Å². The van der Waals surface area contributed by atoms with Crippen molar-refractivity contribution in [1.29, 1.82) is 0 Å². The predicted molar refractivity (Wildman–Crippen MR) is 80.7 cm³/mol. The van der Waals surface area contributed by atoms with Gasteiger partial charge in [0.05, 0.1) is 14.2 Å². The molecule has 0 radical (unpaired) electrons. The maximum Gasteiger partial charge on any atom is 0.379 e. The zero-order valence-electron chi connectivity index (χ0n) is 12.2. The second-order valence-corrected chi connectivity index (χ2v) is 4.53. The average Bonchev–Trinajstić information content (AvgIpc) is 2.99. The molecule has 1 heterocycles. The molecule has 0 aliphatic carbocycles. The molecule has 3 aromatic rings. The topological polar surface area (TPSA) is 57.9 Å². The van der Waals surface area contributed by atoms with Gasteiger partial charge in [-0.15, -0.1) is 0 Å². The fourth-order valence-electron chi connectivity index (χ4n) is 2.14. The Morgan fingerprint density at radius 3 is 2.27 bits per heavy atom. The molecule has 0 amide bonds. The number of ether oxygens (including phenoxy) is 3. The highest BCUT2D eigenvalue weighted by atomic mass is 16.6. The van der Waals surface area contributed by atoms with Crippen molar-refractivity contribution in [1.82, 2.24) is 0 Å². The first kappa shape index (κ1) is 14.0. The van der Waals surface area contributed by atoms with Gasteiger partial charge in [-0.1, -0.05) is 24.3 Å². The Bertz CT molecular complexity index is 764. The Hall–Kier alpha value is -2.95. The third kappa shape index (κ3) is 2.48. The molecule has 1 aromatic heterocycles. The summed E-state index contributed by atoms with van der Waals surface area (Å²) in [7, 11) is 2.99. The minimum atomic E-state index is -0.612. The fourth-order valence-corrected chi connectivity index (χ4v) is 2.14. The van der Waals surface area contributed by atoms with Crippen molar-refractivity contribution in [3.05, 3.63) is 54.3 Å². The minimum Gasteiger partial charge on any atom is -0.493 e. The smallest absolute Gasteiger partial charge is 0.379 e. The number of methoxy groups -OCH3 is 2. The first-order valence-electron chi connectivity index (χ1n) is 6.64. The van der Waals surface area contributed by atoms with Gasteiger partial charge in [0.2, 0.25) is 11.5 Å². The highest BCUT2D eigenvalue weighted by Crippen LogP contribution is 2.37. The summed E-state index contributed by atoms with van der Waals surface area (Å²) < 4.78 is 21.3. The van der Waals surface area contributed by atoms with Gasteiger partial charge in [0, 0.05) is 5.39 Å². The minimum absolute atomic E-state index is 0.120. The molecule has 2 aromatic carbocycles. The van der Waals surface area contributed by atoms with Crippen molar-refractivity contribution >= 4 is 16.9 Å². The van der Waals surface area contributed by atoms with Crippen LogP contribution in [0.25, 0.3) is 11.0 Å². The van der Waals surface area contributed by atoms with Gasteiger partial charge in [-0.2, -0.15) is 0 Å². The van der Waals surface area contributed by atoms with E-state index in [2.05, 4.69) is 0 Å². The van der Waals surface area contributed by atoms with Gasteiger partial charge >= 0.3 is 5.97 Å². The van der Waals surface area contributed by atoms with Gasteiger partial charge in [0.25, 0.3) is 0 Å². The molecule has 5 nitrogen and oxygen atoms in total. The van der Waals surface area contributed by atoms with E-state index in [4.69, 9.17) is 18.6 Å². The molecule has 0 N–H and O–H groups in total. The van der Waals surface area contributed by atoms with Crippen LogP contribution in [0.15, 0.2) is 52.9 Å². The van der Waals surface area contributed by atoms with E-state index >= 15 is 0 Å². The second kappa shape index (κ2) is 5.81. The molecular formula is C17H14O5. The van der Waals surface area contributed by atoms with Crippen LogP contribution in [0.1, 0.15) is 10.6 Å². The maximum atomic E-state index is 12.3. The fraction of sp³-hybridized carbons (Fsp3) is 0.118. The largest absolute Gasteiger partial charge is 0.493 e. The van der Waals surface area contributed by atoms with E-state index in [9.17, 15) is 4.79 Å². The third-order valence-electron chi connectivity index (χ3n) is 3.20. The number of para-hydroxylation sites is 2. The Morgan fingerprint density at radius 2 is 1.64 bits per heavy atom. The van der Waals surface area contributed by atoms with Crippen LogP contribution in [0.3, 0.4) is 0 Å². The number of benzene rings is 2. The SMILES string of the molecule is COc1cccc(OC)c1OC(=O)c1cc2ccccc2o1. The molecule has 3 rings (SSSR count). The molecule has 0 aliphatic rings. The van der Waals surface area contributed by atoms with Crippen LogP contribution in [0, 0.1) is 0 Å². The number of hydrogen-bond acceptors (Lipinski definition) is 5. The number of furan rings is 1. The lowest BCUT2D eigenvalue weighted by molar-refractivity contribution is 0.0693. The number of hydrogen-bond donors (Lipinski definition) is 0. The molecule has 112 valence electrons. The Balaban J connectivity index is 1.94. The monoisotopic (exact) mass is 298 g/mol. The summed E-state index contributed by atoms with van der Waals surface area (Å²) >= 11 is 0. The van der Waals surface area contributed by atoms with Gasteiger partial charge in [-0.25, -0.2) is 4.79 Å². The van der Waals surface area contributed by atoms with Gasteiger partial charge in [0.15, 0.2) is 11.5 Å². The first-order valence-corrected chi connectivity index (χ1v) is 6.64. The molecule has 5 heteroatoms. The van der Waals surface area contributed by atoms with Gasteiger partial charge in [-0.05, 0) is 24.3 Å². The number of carbonyl (C=O) groups excluding carboxylic acids is 1. The lowest BCUT2D eigenvalue weighted by Gasteiger charge is -2.11. The van der Waals surface area contributed by atoms with Gasteiger partial charge in [0.1, 0.15) is 5.58 Å². The number of carbonyl (C=O) groups is 1. The Morgan fingerprint density at radius 1 is 0.955 bits per heavy atom. The Kier molecular flexibility index (Phi) is 3.70. The quantitative estimate of drug-likeness (QED) is 0.543. The van der Waals surface area contributed by atoms with Crippen molar-refractivity contribution in [2.24, 2.45) is 0 Å². The molecular weight excluding hydrogens is 284 g/mol. The molecule has 0 saturated heterocycles. The van der Waals surface area contributed by atoms with E-state index in [1.54, 1.807) is 30.3 Å². The first-order chi connectivity index (χ1) is 10.7. The molecule has 22 heavy (non-hydrogen) atoms. The van der Waals surface area contributed by atoms with Crippen LogP contribution in [-0.2, 0) is 0 Å². The summed E-state index contributed by atoms with van der Waals surface area (Å²) in [5.74, 6) is 0.540. The lowest BCUT2D eigenvalue weighted by Crippen LogP contribution is -2.09. The summed E-state index contributed by atoms with van der Waals surface area (Å²) in [6.07, 6.45) is 0. The van der Waals surface area contributed by atoms with E-state index in [1.165, 1.54) is 14.2 Å². The number of fused-ring (bicyclic) bond motifs is 1. The highest BCUT2D eigenvalue weighted by Gasteiger charge is 2.20. The molecule has 0 unspecified atom stereocenters. The average molecular weight is 298 g/mol. The van der Waals surface area contributed by atoms with E-state index < -0.39 is 5.97 Å². The zero-order valence-corrected chi connectivity index (χ0v) is 12.2. The maximum absolute atomic E-state index is 12.3. The zero-order chi connectivity index (χ0) is 15.5. The molecule has 0 fully saturated rings. The van der Waals surface area contributed by atoms with Crippen LogP contribution in [-0.4, -0.2) is 20.2 Å². The predicted octanol–water partition coefficient (Wildman–Crippen LogP) is 3.67. The van der Waals surface area contributed by atoms with Crippen molar-refractivity contribution in [3.8, 4) is 17.2 Å². The molecule has 0 bridgehead atoms. The van der Waals surface area contributed by atoms with Crippen LogP contribution in [0.5, 0.6) is 17.2 Å². The van der Waals surface area contributed by atoms with Crippen molar-refractivity contribution < 1.29 is 23.4 Å². The second-order valence-electron chi connectivity index (χ2n) is 4.53. The Labute approximate surface area is 127 Å². The van der Waals surface area contributed by atoms with Gasteiger partial charge in [-0.3, -0.25) is 0 Å². The molecule has 0 saturated carbocycles. The summed E-state index contributed by atoms with van der Waals surface area (Å²) in [5, 5.41) is 0.835. The van der Waals surface area contributed by atoms with Crippen molar-refractivity contribution in [3.63, 3.8) is 0 Å². The summed E-state index contributed by atoms with van der Waals surface area (Å²) in [4.78, 5) is 12.3. The number of rotatable bonds is 4. The summed E-state index contributed by atoms with van der Waals surface area (Å²) in [6.45, 7) is 0.